The Morgan fingerprint density at radius 3 is 2.74 bits per heavy atom. The Morgan fingerprint density at radius 2 is 2.12 bits per heavy atom. The predicted molar refractivity (Wildman–Crippen MR) is 158 cm³/mol. The molecule has 5 rings (SSSR count). The van der Waals surface area contributed by atoms with Gasteiger partial charge in [0.15, 0.2) is 23.6 Å². The number of hydrogen-bond acceptors (Lipinski definition) is 11. The Kier molecular flexibility index (Phi) is 8.22. The molecule has 0 radical (unpaired) electrons. The molecule has 0 aliphatic carbocycles. The van der Waals surface area contributed by atoms with Crippen LogP contribution in [0.1, 0.15) is 25.1 Å². The summed E-state index contributed by atoms with van der Waals surface area (Å²) in [5, 5.41) is 24.7. The van der Waals surface area contributed by atoms with Crippen molar-refractivity contribution >= 4 is 86.1 Å². The Hall–Kier alpha value is -4.35. The number of hydrogen-bond donors (Lipinski definition) is 6. The third-order valence-electron chi connectivity index (χ3n) is 6.89. The lowest BCUT2D eigenvalue weighted by Crippen LogP contribution is -2.71. The lowest BCUT2D eigenvalue weighted by molar-refractivity contribution is -0.663. The molecule has 3 atom stereocenters. The number of carbonyl (C=O) groups excluding carboxylic acids is 2. The number of nitrogens with two attached hydrogens (primary N) is 2. The van der Waals surface area contributed by atoms with Gasteiger partial charge in [0.05, 0.1) is 5.56 Å². The fraction of sp³-hybridized carbons (Fsp3) is 0.320. The number of amides is 2. The zero-order chi connectivity index (χ0) is 31.2. The molecule has 8 N–H and O–H groups in total. The molecular formula is C25H26ClN8O7S2+. The van der Waals surface area contributed by atoms with Crippen molar-refractivity contribution in [1.82, 2.24) is 20.2 Å². The summed E-state index contributed by atoms with van der Waals surface area (Å²) in [6.45, 7) is 3.37. The number of nitrogens with zero attached hydrogens (tertiary/aromatic N) is 4. The summed E-state index contributed by atoms with van der Waals surface area (Å²) in [6, 6.07) is 2.58. The highest BCUT2D eigenvalue weighted by Gasteiger charge is 2.55. The molecular weight excluding hydrogens is 624 g/mol. The van der Waals surface area contributed by atoms with E-state index in [0.717, 1.165) is 32.8 Å². The van der Waals surface area contributed by atoms with Crippen molar-refractivity contribution in [3.05, 3.63) is 45.2 Å². The minimum atomic E-state index is -1.41. The number of carboxylic acid groups (broad SMARTS) is 2. The molecule has 2 aliphatic heterocycles. The number of aliphatic carboxylic acids is 2. The number of oxime groups is 1. The van der Waals surface area contributed by atoms with Crippen molar-refractivity contribution in [2.24, 2.45) is 5.16 Å². The zero-order valence-electron chi connectivity index (χ0n) is 22.7. The average Bonchev–Trinajstić information content (AvgIpc) is 3.47. The Balaban J connectivity index is 1.41. The minimum Gasteiger partial charge on any atom is -0.478 e. The predicted octanol–water partition coefficient (Wildman–Crippen LogP) is 0.925. The fourth-order valence-corrected chi connectivity index (χ4v) is 7.14. The summed E-state index contributed by atoms with van der Waals surface area (Å²) in [5.74, 6) is -3.39. The monoisotopic (exact) mass is 649 g/mol. The van der Waals surface area contributed by atoms with E-state index in [9.17, 15) is 24.3 Å². The van der Waals surface area contributed by atoms with Crippen molar-refractivity contribution in [2.75, 3.05) is 17.2 Å². The van der Waals surface area contributed by atoms with Gasteiger partial charge in [-0.25, -0.2) is 14.6 Å². The number of thioether (sulfide) groups is 1. The quantitative estimate of drug-likeness (QED) is 0.0782. The van der Waals surface area contributed by atoms with Crippen molar-refractivity contribution in [3.8, 4) is 0 Å². The van der Waals surface area contributed by atoms with Gasteiger partial charge in [0.1, 0.15) is 38.5 Å². The van der Waals surface area contributed by atoms with Gasteiger partial charge >= 0.3 is 11.9 Å². The Morgan fingerprint density at radius 1 is 1.37 bits per heavy atom. The number of aryl methyl sites for hydroxylation is 1. The van der Waals surface area contributed by atoms with Gasteiger partial charge in [-0.1, -0.05) is 35.0 Å². The molecule has 2 amide bonds. The van der Waals surface area contributed by atoms with Crippen LogP contribution in [-0.4, -0.2) is 77.8 Å². The van der Waals surface area contributed by atoms with E-state index in [1.54, 1.807) is 0 Å². The van der Waals surface area contributed by atoms with E-state index >= 15 is 0 Å². The third kappa shape index (κ3) is 5.46. The van der Waals surface area contributed by atoms with Gasteiger partial charge in [0.25, 0.3) is 11.8 Å². The number of aromatic nitrogens is 3. The van der Waals surface area contributed by atoms with Gasteiger partial charge in [0.2, 0.25) is 11.6 Å². The number of carbonyl (C=O) groups is 4. The molecule has 0 bridgehead atoms. The molecule has 2 aliphatic rings. The molecule has 1 unspecified atom stereocenters. The second-order valence-electron chi connectivity index (χ2n) is 9.59. The summed E-state index contributed by atoms with van der Waals surface area (Å²) in [5.41, 5.74) is 14.1. The van der Waals surface area contributed by atoms with Gasteiger partial charge in [-0.05, 0) is 19.4 Å². The van der Waals surface area contributed by atoms with Crippen LogP contribution in [0.2, 0.25) is 4.34 Å². The molecule has 1 fully saturated rings. The van der Waals surface area contributed by atoms with Crippen LogP contribution in [0, 0.1) is 0 Å². The summed E-state index contributed by atoms with van der Waals surface area (Å²) in [7, 11) is 0. The number of H-pyrrole nitrogens is 1. The first-order valence-electron chi connectivity index (χ1n) is 12.8. The number of halogens is 1. The van der Waals surface area contributed by atoms with Crippen LogP contribution in [0.5, 0.6) is 0 Å². The lowest BCUT2D eigenvalue weighted by atomic mass is 10.0. The molecule has 1 saturated heterocycles. The lowest BCUT2D eigenvalue weighted by Gasteiger charge is -2.49. The topological polar surface area (TPSA) is 230 Å². The van der Waals surface area contributed by atoms with Gasteiger partial charge in [-0.15, -0.1) is 11.8 Å². The number of nitrogen functional groups attached to an aromatic ring is 2. The van der Waals surface area contributed by atoms with Crippen molar-refractivity contribution in [1.29, 1.82) is 0 Å². The second kappa shape index (κ2) is 11.7. The number of β-lactam (4-membered cyclic amide) rings is 1. The van der Waals surface area contributed by atoms with Crippen LogP contribution >= 0.6 is 34.7 Å². The number of anilines is 2. The van der Waals surface area contributed by atoms with Crippen LogP contribution < -0.4 is 21.4 Å². The first-order valence-corrected chi connectivity index (χ1v) is 15.0. The van der Waals surface area contributed by atoms with E-state index in [1.807, 2.05) is 29.8 Å². The summed E-state index contributed by atoms with van der Waals surface area (Å²) in [4.78, 5) is 63.4. The van der Waals surface area contributed by atoms with E-state index in [-0.39, 0.29) is 33.2 Å². The van der Waals surface area contributed by atoms with Crippen LogP contribution in [0.25, 0.3) is 11.0 Å². The van der Waals surface area contributed by atoms with Crippen LogP contribution in [0.15, 0.2) is 34.8 Å². The minimum absolute atomic E-state index is 0.00440. The largest absolute Gasteiger partial charge is 0.478 e. The number of nitrogens with one attached hydrogen (secondary N) is 2. The Labute approximate surface area is 256 Å². The van der Waals surface area contributed by atoms with Gasteiger partial charge < -0.3 is 36.8 Å². The highest BCUT2D eigenvalue weighted by atomic mass is 35.5. The van der Waals surface area contributed by atoms with Crippen LogP contribution in [0.4, 0.5) is 10.9 Å². The van der Waals surface area contributed by atoms with E-state index in [4.69, 9.17) is 33.0 Å². The third-order valence-corrected chi connectivity index (χ3v) is 9.32. The maximum atomic E-state index is 13.3. The molecule has 226 valence electrons. The molecule has 5 heterocycles. The maximum absolute atomic E-state index is 13.3. The van der Waals surface area contributed by atoms with E-state index in [2.05, 4.69) is 20.4 Å². The molecule has 0 spiro atoms. The number of fused-ring (bicyclic) bond motifs is 2. The number of carboxylic acids is 2. The smallest absolute Gasteiger partial charge is 0.352 e. The van der Waals surface area contributed by atoms with E-state index < -0.39 is 47.0 Å². The van der Waals surface area contributed by atoms with Crippen molar-refractivity contribution < 1.29 is 38.8 Å². The maximum Gasteiger partial charge on any atom is 0.352 e. The molecule has 15 nitrogen and oxygen atoms in total. The summed E-state index contributed by atoms with van der Waals surface area (Å²) >= 11 is 8.31. The second-order valence-corrected chi connectivity index (χ2v) is 12.3. The number of rotatable bonds is 10. The van der Waals surface area contributed by atoms with Gasteiger partial charge in [-0.3, -0.25) is 14.5 Å². The SMILES string of the molecule is CCc1c(N)[nH]c2ccc[n+](CC3=C(C(=O)O)N4C(=O)[C@@H](NC(=O)C(=NO[C@@H](C)C(=O)O)c5nc(N)sc5Cl)C4SC3)c12. The van der Waals surface area contributed by atoms with Crippen LogP contribution in [0.3, 0.4) is 0 Å². The molecule has 0 aromatic carbocycles. The fourth-order valence-electron chi connectivity index (χ4n) is 4.88. The van der Waals surface area contributed by atoms with Crippen molar-refractivity contribution in [3.63, 3.8) is 0 Å². The average molecular weight is 650 g/mol. The molecule has 3 aromatic rings. The van der Waals surface area contributed by atoms with E-state index in [1.165, 1.54) is 18.7 Å². The Bertz CT molecular complexity index is 1740. The first-order chi connectivity index (χ1) is 20.4. The zero-order valence-corrected chi connectivity index (χ0v) is 25.0. The van der Waals surface area contributed by atoms with Gasteiger partial charge in [-0.2, -0.15) is 4.57 Å². The highest BCUT2D eigenvalue weighted by Crippen LogP contribution is 2.40. The normalized spacial score (nSPS) is 19.2. The first kappa shape index (κ1) is 30.1. The van der Waals surface area contributed by atoms with Crippen molar-refractivity contribution in [2.45, 2.75) is 44.3 Å². The summed E-state index contributed by atoms with van der Waals surface area (Å²) < 4.78 is 1.89. The molecule has 18 heteroatoms. The summed E-state index contributed by atoms with van der Waals surface area (Å²) in [6.07, 6.45) is 1.07. The number of aromatic amines is 1. The molecule has 43 heavy (non-hydrogen) atoms. The molecule has 3 aromatic heterocycles. The van der Waals surface area contributed by atoms with Gasteiger partial charge in [0, 0.05) is 17.4 Å². The van der Waals surface area contributed by atoms with E-state index in [0.29, 0.717) is 17.8 Å². The van der Waals surface area contributed by atoms with Crippen LogP contribution in [-0.2, 0) is 37.0 Å². The highest BCUT2D eigenvalue weighted by molar-refractivity contribution is 8.00. The standard InChI is InChI=1S/C25H25ClN8O7S2/c1-3-11-17-12(29-19(11)27)5-4-6-33(17)7-10-8-42-22-15(21(36)34(22)16(10)24(39)40)30-20(35)14(32-41-9(2)23(37)38)13-18(26)43-25(28)31-13/h4-6,9,15,22H,3,7-8H2,1-2H3,(H7,27,28,29,30,31,35,37,38,39,40)/p+1/t9-,15+,22?/m0/s1. The molecule has 0 saturated carbocycles. The number of pyridine rings is 1. The number of thiazole rings is 1.